The number of carbonyl (C=O) groups excluding carboxylic acids is 2. The Morgan fingerprint density at radius 1 is 1.18 bits per heavy atom. The summed E-state index contributed by atoms with van der Waals surface area (Å²) in [6, 6.07) is 9.62. The van der Waals surface area contributed by atoms with Crippen molar-refractivity contribution in [2.24, 2.45) is 5.73 Å². The minimum absolute atomic E-state index is 0.0248. The van der Waals surface area contributed by atoms with Crippen LogP contribution in [0.15, 0.2) is 40.9 Å². The highest BCUT2D eigenvalue weighted by Crippen LogP contribution is 2.31. The number of amides is 2. The molecule has 1 aliphatic heterocycles. The lowest BCUT2D eigenvalue weighted by molar-refractivity contribution is 0.0962. The first-order valence-electron chi connectivity index (χ1n) is 10.7. The van der Waals surface area contributed by atoms with Crippen LogP contribution in [0.4, 0.5) is 15.8 Å². The Morgan fingerprint density at radius 2 is 1.94 bits per heavy atom. The van der Waals surface area contributed by atoms with Crippen molar-refractivity contribution < 1.29 is 23.2 Å². The third-order valence-corrected chi connectivity index (χ3v) is 5.64. The summed E-state index contributed by atoms with van der Waals surface area (Å²) < 4.78 is 24.8. The van der Waals surface area contributed by atoms with Gasteiger partial charge in [0.05, 0.1) is 13.2 Å². The summed E-state index contributed by atoms with van der Waals surface area (Å²) in [4.78, 5) is 26.6. The van der Waals surface area contributed by atoms with Crippen LogP contribution >= 0.6 is 0 Å². The van der Waals surface area contributed by atoms with Gasteiger partial charge in [-0.1, -0.05) is 18.1 Å². The number of hydrogen-bond donors (Lipinski definition) is 2. The van der Waals surface area contributed by atoms with Crippen LogP contribution < -0.4 is 16.0 Å². The van der Waals surface area contributed by atoms with E-state index in [2.05, 4.69) is 10.5 Å². The highest BCUT2D eigenvalue weighted by molar-refractivity contribution is 6.05. The van der Waals surface area contributed by atoms with E-state index in [1.807, 2.05) is 24.8 Å². The van der Waals surface area contributed by atoms with E-state index < -0.39 is 17.6 Å². The number of aromatic nitrogens is 1. The average Bonchev–Trinajstić information content (AvgIpc) is 3.24. The van der Waals surface area contributed by atoms with E-state index >= 15 is 0 Å². The molecule has 0 unspecified atom stereocenters. The molecule has 0 atom stereocenters. The van der Waals surface area contributed by atoms with Crippen molar-refractivity contribution in [3.8, 4) is 11.3 Å². The Kier molecular flexibility index (Phi) is 6.41. The molecule has 2 amide bonds. The summed E-state index contributed by atoms with van der Waals surface area (Å²) in [5.41, 5.74) is 9.44. The Labute approximate surface area is 190 Å². The van der Waals surface area contributed by atoms with Crippen LogP contribution in [0.5, 0.6) is 0 Å². The van der Waals surface area contributed by atoms with Crippen LogP contribution in [0.1, 0.15) is 39.0 Å². The lowest BCUT2D eigenvalue weighted by atomic mass is 9.99. The lowest BCUT2D eigenvalue weighted by Crippen LogP contribution is -2.36. The Morgan fingerprint density at radius 3 is 2.64 bits per heavy atom. The van der Waals surface area contributed by atoms with Gasteiger partial charge in [0, 0.05) is 41.2 Å². The largest absolute Gasteiger partial charge is 0.378 e. The first kappa shape index (κ1) is 22.5. The Bertz CT molecular complexity index is 1200. The fourth-order valence-corrected chi connectivity index (χ4v) is 3.91. The van der Waals surface area contributed by atoms with Crippen LogP contribution in [-0.2, 0) is 11.2 Å². The van der Waals surface area contributed by atoms with Crippen LogP contribution in [0, 0.1) is 12.7 Å². The van der Waals surface area contributed by atoms with Crippen molar-refractivity contribution in [2.45, 2.75) is 20.3 Å². The number of anilines is 2. The van der Waals surface area contributed by atoms with E-state index in [4.69, 9.17) is 15.0 Å². The third-order valence-electron chi connectivity index (χ3n) is 5.64. The molecule has 4 rings (SSSR count). The number of hydrogen-bond acceptors (Lipinski definition) is 6. The molecule has 33 heavy (non-hydrogen) atoms. The number of benzene rings is 2. The quantitative estimate of drug-likeness (QED) is 0.592. The number of nitrogens with zero attached hydrogens (tertiary/aromatic N) is 2. The molecule has 2 heterocycles. The minimum atomic E-state index is -0.685. The molecule has 1 aliphatic rings. The molecule has 2 aromatic carbocycles. The fourth-order valence-electron chi connectivity index (χ4n) is 3.91. The number of ether oxygens (including phenoxy) is 1. The van der Waals surface area contributed by atoms with Gasteiger partial charge in [0.2, 0.25) is 5.76 Å². The van der Waals surface area contributed by atoms with E-state index in [0.29, 0.717) is 60.9 Å². The smallest absolute Gasteiger partial charge is 0.287 e. The number of nitrogens with one attached hydrogen (secondary N) is 1. The molecule has 1 fully saturated rings. The van der Waals surface area contributed by atoms with Gasteiger partial charge in [0.1, 0.15) is 11.5 Å². The highest BCUT2D eigenvalue weighted by atomic mass is 19.1. The summed E-state index contributed by atoms with van der Waals surface area (Å²) in [7, 11) is 0. The van der Waals surface area contributed by atoms with Gasteiger partial charge in [0.15, 0.2) is 0 Å². The SMILES string of the molecule is CCc1c(-c2cc(NC(=O)c3cc(F)cc(N4CCOCC4)c3)ccc2C)noc1C(N)=O. The second-order valence-electron chi connectivity index (χ2n) is 7.84. The van der Waals surface area contributed by atoms with Crippen molar-refractivity contribution in [1.29, 1.82) is 0 Å². The maximum absolute atomic E-state index is 14.3. The van der Waals surface area contributed by atoms with Gasteiger partial charge in [-0.25, -0.2) is 4.39 Å². The summed E-state index contributed by atoms with van der Waals surface area (Å²) in [5.74, 6) is -1.58. The van der Waals surface area contributed by atoms with Gasteiger partial charge in [-0.2, -0.15) is 0 Å². The number of aryl methyl sites for hydroxylation is 1. The second kappa shape index (κ2) is 9.41. The number of carbonyl (C=O) groups is 2. The monoisotopic (exact) mass is 452 g/mol. The molecule has 9 heteroatoms. The first-order chi connectivity index (χ1) is 15.9. The van der Waals surface area contributed by atoms with Crippen molar-refractivity contribution in [1.82, 2.24) is 5.16 Å². The molecular formula is C24H25FN4O4. The van der Waals surface area contributed by atoms with E-state index in [1.165, 1.54) is 12.1 Å². The number of morpholine rings is 1. The predicted molar refractivity (Wildman–Crippen MR) is 122 cm³/mol. The molecule has 1 saturated heterocycles. The van der Waals surface area contributed by atoms with Crippen molar-refractivity contribution >= 4 is 23.2 Å². The molecule has 0 aliphatic carbocycles. The maximum Gasteiger partial charge on any atom is 0.287 e. The Balaban J connectivity index is 1.61. The normalized spacial score (nSPS) is 13.7. The third kappa shape index (κ3) is 4.73. The van der Waals surface area contributed by atoms with Crippen molar-refractivity contribution in [3.63, 3.8) is 0 Å². The summed E-state index contributed by atoms with van der Waals surface area (Å²) in [6.45, 7) is 6.15. The predicted octanol–water partition coefficient (Wildman–Crippen LogP) is 3.54. The van der Waals surface area contributed by atoms with Gasteiger partial charge in [-0.05, 0) is 49.2 Å². The zero-order chi connectivity index (χ0) is 23.5. The van der Waals surface area contributed by atoms with Crippen LogP contribution in [0.2, 0.25) is 0 Å². The van der Waals surface area contributed by atoms with Gasteiger partial charge in [-0.15, -0.1) is 0 Å². The zero-order valence-electron chi connectivity index (χ0n) is 18.5. The number of primary amides is 1. The molecule has 3 N–H and O–H groups in total. The average molecular weight is 452 g/mol. The molecular weight excluding hydrogens is 427 g/mol. The van der Waals surface area contributed by atoms with Gasteiger partial charge >= 0.3 is 0 Å². The van der Waals surface area contributed by atoms with E-state index in [9.17, 15) is 14.0 Å². The summed E-state index contributed by atoms with van der Waals surface area (Å²) in [6.07, 6.45) is 0.501. The van der Waals surface area contributed by atoms with E-state index in [-0.39, 0.29) is 11.3 Å². The van der Waals surface area contributed by atoms with Gasteiger partial charge in [-0.3, -0.25) is 9.59 Å². The van der Waals surface area contributed by atoms with Crippen LogP contribution in [0.3, 0.4) is 0 Å². The molecule has 3 aromatic rings. The molecule has 0 spiro atoms. The summed E-state index contributed by atoms with van der Waals surface area (Å²) >= 11 is 0. The maximum atomic E-state index is 14.3. The minimum Gasteiger partial charge on any atom is -0.378 e. The van der Waals surface area contributed by atoms with Crippen molar-refractivity contribution in [3.05, 3.63) is 64.7 Å². The molecule has 1 aromatic heterocycles. The summed E-state index contributed by atoms with van der Waals surface area (Å²) in [5, 5.41) is 6.86. The second-order valence-corrected chi connectivity index (χ2v) is 7.84. The highest BCUT2D eigenvalue weighted by Gasteiger charge is 2.22. The van der Waals surface area contributed by atoms with Gasteiger partial charge < -0.3 is 25.2 Å². The number of nitrogens with two attached hydrogens (primary N) is 1. The van der Waals surface area contributed by atoms with Gasteiger partial charge in [0.25, 0.3) is 11.8 Å². The molecule has 172 valence electrons. The topological polar surface area (TPSA) is 111 Å². The zero-order valence-corrected chi connectivity index (χ0v) is 18.5. The molecule has 0 saturated carbocycles. The molecule has 0 bridgehead atoms. The Hall–Kier alpha value is -3.72. The number of halogens is 1. The van der Waals surface area contributed by atoms with E-state index in [1.54, 1.807) is 18.2 Å². The standard InChI is InChI=1S/C24H25FN4O4/c1-3-19-21(28-33-22(19)23(26)30)20-13-17(5-4-14(20)2)27-24(31)15-10-16(25)12-18(11-15)29-6-8-32-9-7-29/h4-5,10-13H,3,6-9H2,1-2H3,(H2,26,30)(H,27,31). The van der Waals surface area contributed by atoms with Crippen LogP contribution in [0.25, 0.3) is 11.3 Å². The lowest BCUT2D eigenvalue weighted by Gasteiger charge is -2.29. The van der Waals surface area contributed by atoms with E-state index in [0.717, 1.165) is 5.56 Å². The molecule has 0 radical (unpaired) electrons. The fraction of sp³-hybridized carbons (Fsp3) is 0.292. The van der Waals surface area contributed by atoms with Crippen LogP contribution in [-0.4, -0.2) is 43.3 Å². The first-order valence-corrected chi connectivity index (χ1v) is 10.7. The van der Waals surface area contributed by atoms with Crippen molar-refractivity contribution in [2.75, 3.05) is 36.5 Å². The number of rotatable bonds is 6. The molecule has 8 nitrogen and oxygen atoms in total.